The summed E-state index contributed by atoms with van der Waals surface area (Å²) in [5.41, 5.74) is 0. The molecule has 18 heavy (non-hydrogen) atoms. The topological polar surface area (TPSA) is 66.4 Å². The van der Waals surface area contributed by atoms with Crippen molar-refractivity contribution in [2.24, 2.45) is 5.92 Å². The van der Waals surface area contributed by atoms with Gasteiger partial charge in [-0.2, -0.15) is 11.8 Å². The number of carbonyl (C=O) groups is 2. The van der Waals surface area contributed by atoms with E-state index in [1.807, 2.05) is 0 Å². The largest absolute Gasteiger partial charge is 0.480 e. The Labute approximate surface area is 113 Å². The third-order valence-corrected chi connectivity index (χ3v) is 5.09. The van der Waals surface area contributed by atoms with Crippen LogP contribution in [0, 0.1) is 5.92 Å². The van der Waals surface area contributed by atoms with E-state index in [4.69, 9.17) is 5.11 Å². The van der Waals surface area contributed by atoms with Gasteiger partial charge in [-0.1, -0.05) is 26.2 Å². The smallest absolute Gasteiger partial charge is 0.327 e. The van der Waals surface area contributed by atoms with Gasteiger partial charge in [0.2, 0.25) is 5.91 Å². The molecule has 3 unspecified atom stereocenters. The fourth-order valence-corrected chi connectivity index (χ4v) is 4.10. The third kappa shape index (κ3) is 4.88. The summed E-state index contributed by atoms with van der Waals surface area (Å²) >= 11 is 1.71. The van der Waals surface area contributed by atoms with Crippen molar-refractivity contribution < 1.29 is 14.7 Å². The minimum absolute atomic E-state index is 0.279. The lowest BCUT2D eigenvalue weighted by Crippen LogP contribution is -2.42. The molecule has 1 fully saturated rings. The summed E-state index contributed by atoms with van der Waals surface area (Å²) in [7, 11) is 0. The molecule has 1 amide bonds. The van der Waals surface area contributed by atoms with Crippen LogP contribution >= 0.6 is 11.8 Å². The van der Waals surface area contributed by atoms with E-state index in [0.717, 1.165) is 6.42 Å². The molecule has 0 spiro atoms. The number of carboxylic acids is 1. The summed E-state index contributed by atoms with van der Waals surface area (Å²) in [5, 5.41) is 12.1. The lowest BCUT2D eigenvalue weighted by molar-refractivity contribution is -0.140. The number of hydrogen-bond acceptors (Lipinski definition) is 3. The van der Waals surface area contributed by atoms with E-state index >= 15 is 0 Å². The van der Waals surface area contributed by atoms with Gasteiger partial charge >= 0.3 is 5.97 Å². The van der Waals surface area contributed by atoms with Gasteiger partial charge in [0.1, 0.15) is 6.04 Å². The van der Waals surface area contributed by atoms with Crippen molar-refractivity contribution in [3.8, 4) is 0 Å². The van der Waals surface area contributed by atoms with Crippen molar-refractivity contribution in [3.63, 3.8) is 0 Å². The first-order valence-electron chi connectivity index (χ1n) is 6.66. The molecule has 5 heteroatoms. The van der Waals surface area contributed by atoms with Crippen LogP contribution in [-0.4, -0.2) is 34.0 Å². The fraction of sp³-hybridized carbons (Fsp3) is 0.846. The number of rotatable bonds is 6. The van der Waals surface area contributed by atoms with E-state index in [2.05, 4.69) is 12.2 Å². The maximum absolute atomic E-state index is 11.0. The maximum atomic E-state index is 11.0. The summed E-state index contributed by atoms with van der Waals surface area (Å²) in [5.74, 6) is -0.0495. The van der Waals surface area contributed by atoms with E-state index in [1.165, 1.54) is 32.6 Å². The number of nitrogens with one attached hydrogen (secondary N) is 1. The summed E-state index contributed by atoms with van der Waals surface area (Å²) in [4.78, 5) is 22.0. The zero-order valence-corrected chi connectivity index (χ0v) is 12.0. The van der Waals surface area contributed by atoms with Crippen molar-refractivity contribution >= 4 is 23.6 Å². The standard InChI is InChI=1S/C13H23NO3S/c1-3-10-6-4-5-7-12(10)18-8-11(13(16)17)14-9(2)15/h10-12H,3-8H2,1-2H3,(H,14,15)(H,16,17). The van der Waals surface area contributed by atoms with Crippen LogP contribution in [0.4, 0.5) is 0 Å². The van der Waals surface area contributed by atoms with Gasteiger partial charge in [-0.25, -0.2) is 4.79 Å². The lowest BCUT2D eigenvalue weighted by atomic mass is 9.87. The molecule has 0 aromatic heterocycles. The maximum Gasteiger partial charge on any atom is 0.327 e. The molecule has 0 aliphatic heterocycles. The Morgan fingerprint density at radius 2 is 2.06 bits per heavy atom. The van der Waals surface area contributed by atoms with Gasteiger partial charge in [0.25, 0.3) is 0 Å². The quantitative estimate of drug-likeness (QED) is 0.779. The molecule has 1 aliphatic carbocycles. The molecule has 1 rings (SSSR count). The highest BCUT2D eigenvalue weighted by Gasteiger charge is 2.26. The van der Waals surface area contributed by atoms with Crippen LogP contribution in [0.1, 0.15) is 46.0 Å². The number of amides is 1. The lowest BCUT2D eigenvalue weighted by Gasteiger charge is -2.31. The van der Waals surface area contributed by atoms with Gasteiger partial charge in [0.15, 0.2) is 0 Å². The van der Waals surface area contributed by atoms with Gasteiger partial charge in [-0.3, -0.25) is 4.79 Å². The Balaban J connectivity index is 2.44. The van der Waals surface area contributed by atoms with Crippen LogP contribution in [0.5, 0.6) is 0 Å². The molecule has 0 aromatic rings. The average molecular weight is 273 g/mol. The van der Waals surface area contributed by atoms with E-state index < -0.39 is 12.0 Å². The molecule has 2 N–H and O–H groups in total. The molecule has 1 saturated carbocycles. The van der Waals surface area contributed by atoms with Crippen LogP contribution in [0.25, 0.3) is 0 Å². The predicted molar refractivity (Wildman–Crippen MR) is 73.7 cm³/mol. The Hall–Kier alpha value is -0.710. The highest BCUT2D eigenvalue weighted by Crippen LogP contribution is 2.35. The summed E-state index contributed by atoms with van der Waals surface area (Å²) in [6, 6.07) is -0.757. The zero-order chi connectivity index (χ0) is 13.5. The Morgan fingerprint density at radius 1 is 1.39 bits per heavy atom. The number of aliphatic carboxylic acids is 1. The minimum atomic E-state index is -0.943. The highest BCUT2D eigenvalue weighted by atomic mass is 32.2. The van der Waals surface area contributed by atoms with E-state index in [-0.39, 0.29) is 5.91 Å². The van der Waals surface area contributed by atoms with Crippen LogP contribution in [0.15, 0.2) is 0 Å². The number of carboxylic acid groups (broad SMARTS) is 1. The zero-order valence-electron chi connectivity index (χ0n) is 11.1. The van der Waals surface area contributed by atoms with Crippen LogP contribution in [0.3, 0.4) is 0 Å². The van der Waals surface area contributed by atoms with E-state index in [1.54, 1.807) is 11.8 Å². The first kappa shape index (κ1) is 15.3. The first-order chi connectivity index (χ1) is 8.54. The van der Waals surface area contributed by atoms with Crippen molar-refractivity contribution in [3.05, 3.63) is 0 Å². The number of thioether (sulfide) groups is 1. The van der Waals surface area contributed by atoms with Gasteiger partial charge < -0.3 is 10.4 Å². The van der Waals surface area contributed by atoms with Gasteiger partial charge in [0.05, 0.1) is 0 Å². The monoisotopic (exact) mass is 273 g/mol. The van der Waals surface area contributed by atoms with Crippen molar-refractivity contribution in [1.82, 2.24) is 5.32 Å². The van der Waals surface area contributed by atoms with Crippen LogP contribution in [-0.2, 0) is 9.59 Å². The highest BCUT2D eigenvalue weighted by molar-refractivity contribution is 8.00. The third-order valence-electron chi connectivity index (χ3n) is 3.52. The van der Waals surface area contributed by atoms with Crippen LogP contribution in [0.2, 0.25) is 0 Å². The van der Waals surface area contributed by atoms with Gasteiger partial charge in [-0.15, -0.1) is 0 Å². The molecular weight excluding hydrogens is 250 g/mol. The molecule has 1 aliphatic rings. The molecular formula is C13H23NO3S. The summed E-state index contributed by atoms with van der Waals surface area (Å²) in [6.07, 6.45) is 6.13. The van der Waals surface area contributed by atoms with Crippen molar-refractivity contribution in [2.45, 2.75) is 57.2 Å². The molecule has 4 nitrogen and oxygen atoms in total. The Kier molecular flexibility index (Phi) is 6.54. The van der Waals surface area contributed by atoms with E-state index in [0.29, 0.717) is 16.9 Å². The number of hydrogen-bond donors (Lipinski definition) is 2. The van der Waals surface area contributed by atoms with E-state index in [9.17, 15) is 9.59 Å². The normalized spacial score (nSPS) is 25.4. The van der Waals surface area contributed by atoms with Gasteiger partial charge in [0, 0.05) is 17.9 Å². The molecule has 0 heterocycles. The van der Waals surface area contributed by atoms with Crippen LogP contribution < -0.4 is 5.32 Å². The summed E-state index contributed by atoms with van der Waals surface area (Å²) < 4.78 is 0. The van der Waals surface area contributed by atoms with Crippen molar-refractivity contribution in [2.75, 3.05) is 5.75 Å². The predicted octanol–water partition coefficient (Wildman–Crippen LogP) is 2.28. The Morgan fingerprint density at radius 3 is 2.61 bits per heavy atom. The fourth-order valence-electron chi connectivity index (χ4n) is 2.50. The second-order valence-electron chi connectivity index (χ2n) is 4.92. The van der Waals surface area contributed by atoms with Crippen molar-refractivity contribution in [1.29, 1.82) is 0 Å². The minimum Gasteiger partial charge on any atom is -0.480 e. The Bertz CT molecular complexity index is 296. The first-order valence-corrected chi connectivity index (χ1v) is 7.71. The second-order valence-corrected chi connectivity index (χ2v) is 6.19. The molecule has 3 atom stereocenters. The molecule has 0 saturated heterocycles. The number of carbonyl (C=O) groups excluding carboxylic acids is 1. The molecule has 104 valence electrons. The summed E-state index contributed by atoms with van der Waals surface area (Å²) in [6.45, 7) is 3.56. The molecule has 0 radical (unpaired) electrons. The molecule has 0 aromatic carbocycles. The average Bonchev–Trinajstić information content (AvgIpc) is 2.34. The SMILES string of the molecule is CCC1CCCCC1SCC(NC(C)=O)C(=O)O. The molecule has 0 bridgehead atoms. The van der Waals surface area contributed by atoms with Gasteiger partial charge in [-0.05, 0) is 18.8 Å². The second kappa shape index (κ2) is 7.67.